The minimum Gasteiger partial charge on any atom is -0.352 e. The lowest BCUT2D eigenvalue weighted by Crippen LogP contribution is -2.61. The number of rotatable bonds is 5. The molecule has 0 radical (unpaired) electrons. The van der Waals surface area contributed by atoms with Crippen molar-refractivity contribution < 1.29 is 27.5 Å². The van der Waals surface area contributed by atoms with Gasteiger partial charge in [0.15, 0.2) is 0 Å². The van der Waals surface area contributed by atoms with Gasteiger partial charge in [-0.15, -0.1) is 0 Å². The normalized spacial score (nSPS) is 31.8. The first-order valence-electron chi connectivity index (χ1n) is 30.5. The topological polar surface area (TPSA) is 127 Å². The number of piperidine rings is 1. The molecule has 0 aromatic carbocycles. The number of amides is 3. The second-order valence-electron chi connectivity index (χ2n) is 28.4. The smallest absolute Gasteiger partial charge is 0.253 e. The average molecular weight is 1170 g/mol. The molecule has 0 spiro atoms. The lowest BCUT2D eigenvalue weighted by molar-refractivity contribution is -0.161. The number of piperazine rings is 5. The molecule has 460 valence electrons. The quantitative estimate of drug-likeness (QED) is 0.255. The van der Waals surface area contributed by atoms with Crippen LogP contribution in [-0.2, 0) is 41.1 Å². The van der Waals surface area contributed by atoms with E-state index in [1.54, 1.807) is 4.90 Å². The van der Waals surface area contributed by atoms with Crippen molar-refractivity contribution >= 4 is 39.7 Å². The van der Waals surface area contributed by atoms with Gasteiger partial charge in [-0.1, -0.05) is 88.3 Å². The van der Waals surface area contributed by atoms with Crippen LogP contribution in [0, 0.1) is 21.7 Å². The maximum Gasteiger partial charge on any atom is 0.253 e. The summed E-state index contributed by atoms with van der Waals surface area (Å²) in [6.45, 7) is 73.6. The van der Waals surface area contributed by atoms with Gasteiger partial charge in [-0.2, -0.15) is 0 Å². The van der Waals surface area contributed by atoms with E-state index in [0.717, 1.165) is 132 Å². The van der Waals surface area contributed by atoms with Gasteiger partial charge in [-0.3, -0.25) is 38.9 Å². The zero-order chi connectivity index (χ0) is 60.8. The molecule has 0 N–H and O–H groups in total. The molecule has 18 heteroatoms. The number of carbonyl (C=O) groups is 3. The molecular weight excluding hydrogens is 1060 g/mol. The van der Waals surface area contributed by atoms with E-state index in [0.29, 0.717) is 66.6 Å². The molecule has 7 atom stereocenters. The van der Waals surface area contributed by atoms with Crippen molar-refractivity contribution in [1.82, 2.24) is 47.8 Å². The fourth-order valence-electron chi connectivity index (χ4n) is 13.2. The fraction of sp³-hybridized carbons (Fsp3) is 0.794. The molecule has 16 nitrogen and oxygen atoms in total. The fourth-order valence-corrected chi connectivity index (χ4v) is 16.4. The summed E-state index contributed by atoms with van der Waals surface area (Å²) >= 11 is 0. The summed E-state index contributed by atoms with van der Waals surface area (Å²) in [4.78, 5) is 55.9. The van der Waals surface area contributed by atoms with Gasteiger partial charge in [0.25, 0.3) is 5.91 Å². The molecule has 3 amide bonds. The Labute approximate surface area is 496 Å². The highest BCUT2D eigenvalue weighted by Crippen LogP contribution is 2.46. The first-order chi connectivity index (χ1) is 37.5. The van der Waals surface area contributed by atoms with E-state index in [1.807, 2.05) is 9.80 Å². The maximum atomic E-state index is 12.4. The molecule has 10 fully saturated rings. The minimum atomic E-state index is -0.987. The van der Waals surface area contributed by atoms with Crippen LogP contribution in [0.25, 0.3) is 0 Å². The van der Waals surface area contributed by atoms with Crippen LogP contribution < -0.4 is 0 Å². The lowest BCUT2D eigenvalue weighted by Gasteiger charge is -2.50. The van der Waals surface area contributed by atoms with Crippen molar-refractivity contribution in [3.8, 4) is 0 Å². The zero-order valence-corrected chi connectivity index (χ0v) is 55.4. The number of hydrogen-bond acceptors (Lipinski definition) is 11. The number of hydrogen-bond donors (Lipinski definition) is 0. The summed E-state index contributed by atoms with van der Waals surface area (Å²) in [7, 11) is -1.96. The molecule has 10 heterocycles. The molecule has 7 unspecified atom stereocenters. The predicted molar refractivity (Wildman–Crippen MR) is 333 cm³/mol. The Morgan fingerprint density at radius 1 is 0.432 bits per heavy atom. The van der Waals surface area contributed by atoms with Crippen LogP contribution in [0.1, 0.15) is 137 Å². The van der Waals surface area contributed by atoms with Gasteiger partial charge < -0.3 is 19.4 Å². The van der Waals surface area contributed by atoms with Crippen molar-refractivity contribution in [2.45, 2.75) is 198 Å². The highest BCUT2D eigenvalue weighted by atomic mass is 32.2. The first kappa shape index (κ1) is 67.2. The monoisotopic (exact) mass is 1170 g/mol. The van der Waals surface area contributed by atoms with Crippen molar-refractivity contribution in [2.75, 3.05) is 105 Å². The molecular formula is C63H110N10O6S2. The second kappa shape index (κ2) is 26.4. The summed E-state index contributed by atoms with van der Waals surface area (Å²) < 4.78 is 34.4. The molecule has 10 saturated heterocycles. The summed E-state index contributed by atoms with van der Waals surface area (Å²) in [5.41, 5.74) is 1.99. The molecule has 10 rings (SSSR count). The van der Waals surface area contributed by atoms with Crippen molar-refractivity contribution in [3.63, 3.8) is 0 Å². The van der Waals surface area contributed by atoms with Gasteiger partial charge in [0.05, 0.1) is 12.6 Å². The third kappa shape index (κ3) is 14.5. The van der Waals surface area contributed by atoms with Crippen molar-refractivity contribution in [1.29, 1.82) is 0 Å². The Kier molecular flexibility index (Phi) is 21.9. The second-order valence-corrected chi connectivity index (χ2v) is 31.3. The van der Waals surface area contributed by atoms with E-state index in [-0.39, 0.29) is 45.6 Å². The van der Waals surface area contributed by atoms with E-state index >= 15 is 0 Å². The standard InChI is InChI=1S/C14H24N2O.C13H24N2OS.C13H22N2O.C12H22N2OS.C11H18N2O2/c1-10(2)15-6-7-16-12(9-15)8-14(4,5)11(3)13(16)17;1-10(2)14-6-7-15-12(9-14)8-13(4,5)11(3)17(15)16;1-9(2)14-6-7-15-11(8-14)13(4,5)10(3)12(15)16;1-9(2)13-6-7-14-11(8-13)12(4,5)10(3)16(14)15;1-8(2)12-4-5-13-10(6-12)15-7-9(3)11(13)14/h2*10,12H,3,6-9H2,1-2,4-5H3;2*9,11H,3,6-8H2,1-2,4-5H3;8,10H,3-7H2,1-2H3. The minimum absolute atomic E-state index is 0.00597. The zero-order valence-electron chi connectivity index (χ0n) is 53.8. The third-order valence-corrected chi connectivity index (χ3v) is 23.6. The maximum absolute atomic E-state index is 12.4. The van der Waals surface area contributed by atoms with Gasteiger partial charge in [-0.05, 0) is 87.5 Å². The summed E-state index contributed by atoms with van der Waals surface area (Å²) in [5.74, 6) is 0.405. The molecule has 0 aromatic rings. The molecule has 10 aliphatic heterocycles. The highest BCUT2D eigenvalue weighted by Gasteiger charge is 2.53. The molecule has 0 saturated carbocycles. The highest BCUT2D eigenvalue weighted by molar-refractivity contribution is 7.87. The van der Waals surface area contributed by atoms with Crippen LogP contribution in [-0.4, -0.2) is 239 Å². The van der Waals surface area contributed by atoms with Crippen LogP contribution in [0.4, 0.5) is 0 Å². The van der Waals surface area contributed by atoms with E-state index in [4.69, 9.17) is 4.74 Å². The number of ether oxygens (including phenoxy) is 1. The molecule has 10 aliphatic rings. The first-order valence-corrected chi connectivity index (χ1v) is 32.7. The van der Waals surface area contributed by atoms with Crippen LogP contribution in [0.5, 0.6) is 0 Å². The number of allylic oxidation sites excluding steroid dienone is 1. The number of nitrogens with zero attached hydrogens (tertiary/aromatic N) is 10. The van der Waals surface area contributed by atoms with Crippen molar-refractivity contribution in [3.05, 3.63) is 59.4 Å². The van der Waals surface area contributed by atoms with Gasteiger partial charge in [0, 0.05) is 189 Å². The molecule has 81 heavy (non-hydrogen) atoms. The van der Waals surface area contributed by atoms with E-state index in [9.17, 15) is 22.8 Å². The summed E-state index contributed by atoms with van der Waals surface area (Å²) in [6, 6.07) is 4.25. The predicted octanol–water partition coefficient (Wildman–Crippen LogP) is 7.44. The SMILES string of the molecule is C=C1C(=O)N2CCN(C(C)C)CC2C1(C)C.C=C1C(=O)N2CCN(C(C)C)CC2CC1(C)C.C=C1COC2CN(C(C)C)CCN2C1=O.C=C1S(=O)N2CCN(C(C)C)CC2C1(C)C.C=C1S(=O)N2CCN(C(C)C)CC2CC1(C)C. The Bertz CT molecular complexity index is 2280. The molecule has 0 aliphatic carbocycles. The molecule has 0 bridgehead atoms. The van der Waals surface area contributed by atoms with Gasteiger partial charge in [-0.25, -0.2) is 17.0 Å². The summed E-state index contributed by atoms with van der Waals surface area (Å²) in [6.07, 6.45) is 2.04. The Morgan fingerprint density at radius 2 is 0.840 bits per heavy atom. The van der Waals surface area contributed by atoms with Gasteiger partial charge in [0.2, 0.25) is 11.8 Å². The number of fused-ring (bicyclic) bond motifs is 5. The van der Waals surface area contributed by atoms with Crippen molar-refractivity contribution in [2.24, 2.45) is 21.7 Å². The van der Waals surface area contributed by atoms with E-state index in [1.165, 1.54) is 0 Å². The Hall–Kier alpha value is -2.91. The third-order valence-electron chi connectivity index (χ3n) is 19.9. The summed E-state index contributed by atoms with van der Waals surface area (Å²) in [5, 5.41) is 0. The van der Waals surface area contributed by atoms with Crippen LogP contribution in [0.2, 0.25) is 0 Å². The van der Waals surface area contributed by atoms with Crippen LogP contribution in [0.3, 0.4) is 0 Å². The average Bonchev–Trinajstić information content (AvgIpc) is 4.03. The van der Waals surface area contributed by atoms with Gasteiger partial charge in [0.1, 0.15) is 28.2 Å². The Morgan fingerprint density at radius 3 is 1.37 bits per heavy atom. The van der Waals surface area contributed by atoms with E-state index in [2.05, 4.69) is 191 Å². The van der Waals surface area contributed by atoms with E-state index < -0.39 is 22.0 Å². The van der Waals surface area contributed by atoms with Gasteiger partial charge >= 0.3 is 0 Å². The molecule has 0 aromatic heterocycles. The lowest BCUT2D eigenvalue weighted by atomic mass is 9.74. The van der Waals surface area contributed by atoms with Crippen LogP contribution in [0.15, 0.2) is 59.4 Å². The largest absolute Gasteiger partial charge is 0.352 e. The van der Waals surface area contributed by atoms with Crippen LogP contribution >= 0.6 is 0 Å². The number of carbonyl (C=O) groups excluding carboxylic acids is 3. The Balaban J connectivity index is 0.000000163.